The number of aromatic nitrogens is 1. The fourth-order valence-electron chi connectivity index (χ4n) is 1.97. The molecule has 1 aliphatic rings. The number of carboxylic acid groups (broad SMARTS) is 1. The number of hydrogen-bond donors (Lipinski definition) is 1. The van der Waals surface area contributed by atoms with Crippen molar-refractivity contribution in [3.05, 3.63) is 51.4 Å². The fourth-order valence-corrected chi connectivity index (χ4v) is 2.28. The number of pyridine rings is 1. The van der Waals surface area contributed by atoms with Crippen LogP contribution in [0.25, 0.3) is 0 Å². The van der Waals surface area contributed by atoms with Crippen LogP contribution in [0.4, 0.5) is 0 Å². The van der Waals surface area contributed by atoms with Gasteiger partial charge in [-0.1, -0.05) is 35.9 Å². The van der Waals surface area contributed by atoms with Crippen molar-refractivity contribution in [3.8, 4) is 5.75 Å². The first kappa shape index (κ1) is 14.4. The van der Waals surface area contributed by atoms with Gasteiger partial charge in [-0.2, -0.15) is 0 Å². The van der Waals surface area contributed by atoms with E-state index in [0.717, 1.165) is 6.42 Å². The molecule has 1 aromatic rings. The summed E-state index contributed by atoms with van der Waals surface area (Å²) in [5, 5.41) is 8.66. The van der Waals surface area contributed by atoms with E-state index in [1.807, 2.05) is 24.3 Å². The molecule has 1 atom stereocenters. The van der Waals surface area contributed by atoms with Gasteiger partial charge in [0.2, 0.25) is 5.43 Å². The summed E-state index contributed by atoms with van der Waals surface area (Å²) in [6, 6.07) is 0. The van der Waals surface area contributed by atoms with Crippen LogP contribution in [0, 0.1) is 5.92 Å². The molecule has 0 spiro atoms. The summed E-state index contributed by atoms with van der Waals surface area (Å²) in [6.45, 7) is 0.346. The zero-order valence-electron chi connectivity index (χ0n) is 10.9. The Bertz CT molecular complexity index is 645. The molecular formula is C14H14ClNO4. The van der Waals surface area contributed by atoms with Crippen LogP contribution in [0.3, 0.4) is 0 Å². The first-order valence-corrected chi connectivity index (χ1v) is 6.47. The molecule has 0 aliphatic heterocycles. The number of ether oxygens (including phenoxy) is 1. The van der Waals surface area contributed by atoms with Crippen molar-refractivity contribution in [1.82, 2.24) is 4.57 Å². The molecule has 6 heteroatoms. The highest BCUT2D eigenvalue weighted by Gasteiger charge is 2.19. The third kappa shape index (κ3) is 2.93. The number of aromatic carboxylic acids is 1. The van der Waals surface area contributed by atoms with Gasteiger partial charge in [-0.3, -0.25) is 4.79 Å². The average Bonchev–Trinajstić information content (AvgIpc) is 2.42. The Hall–Kier alpha value is -2.01. The maximum absolute atomic E-state index is 12.0. The number of hydrogen-bond acceptors (Lipinski definition) is 3. The van der Waals surface area contributed by atoms with Gasteiger partial charge in [0.05, 0.1) is 12.8 Å². The lowest BCUT2D eigenvalue weighted by molar-refractivity contribution is 0.0685. The lowest BCUT2D eigenvalue weighted by Crippen LogP contribution is -2.21. The lowest BCUT2D eigenvalue weighted by atomic mass is 10.0. The van der Waals surface area contributed by atoms with Gasteiger partial charge in [-0.05, 0) is 6.42 Å². The molecule has 0 fully saturated rings. The minimum atomic E-state index is -1.25. The van der Waals surface area contributed by atoms with Crippen molar-refractivity contribution in [2.75, 3.05) is 6.61 Å². The maximum Gasteiger partial charge on any atom is 0.354 e. The van der Waals surface area contributed by atoms with Crippen molar-refractivity contribution in [2.24, 2.45) is 13.0 Å². The summed E-state index contributed by atoms with van der Waals surface area (Å²) in [5.74, 6) is -0.991. The van der Waals surface area contributed by atoms with Gasteiger partial charge in [0.25, 0.3) is 0 Å². The van der Waals surface area contributed by atoms with Gasteiger partial charge in [-0.15, -0.1) is 0 Å². The second-order valence-corrected chi connectivity index (χ2v) is 4.90. The quantitative estimate of drug-likeness (QED) is 0.925. The largest absolute Gasteiger partial charge is 0.487 e. The zero-order chi connectivity index (χ0) is 14.7. The van der Waals surface area contributed by atoms with E-state index >= 15 is 0 Å². The average molecular weight is 296 g/mol. The molecule has 1 N–H and O–H groups in total. The van der Waals surface area contributed by atoms with Crippen LogP contribution >= 0.6 is 11.6 Å². The van der Waals surface area contributed by atoms with E-state index in [2.05, 4.69) is 0 Å². The zero-order valence-corrected chi connectivity index (χ0v) is 11.6. The van der Waals surface area contributed by atoms with Crippen LogP contribution in [0.5, 0.6) is 5.75 Å². The molecule has 0 saturated carbocycles. The number of nitrogens with zero attached hydrogens (tertiary/aromatic N) is 1. The number of carboxylic acids is 1. The smallest absolute Gasteiger partial charge is 0.354 e. The SMILES string of the molecule is Cn1cc(OCC2C=CC=CC2)c(=O)c(Cl)c1C(=O)O. The fraction of sp³-hybridized carbons (Fsp3) is 0.286. The molecule has 1 unspecified atom stereocenters. The van der Waals surface area contributed by atoms with E-state index in [1.54, 1.807) is 0 Å². The predicted molar refractivity (Wildman–Crippen MR) is 75.5 cm³/mol. The van der Waals surface area contributed by atoms with Gasteiger partial charge >= 0.3 is 5.97 Å². The summed E-state index contributed by atoms with van der Waals surface area (Å²) < 4.78 is 6.75. The van der Waals surface area contributed by atoms with E-state index in [0.29, 0.717) is 6.61 Å². The number of carbonyl (C=O) groups is 1. The standard InChI is InChI=1S/C14H14ClNO4/c1-16-7-10(13(17)11(15)12(16)14(18)19)20-8-9-5-3-2-4-6-9/h2-5,7,9H,6,8H2,1H3,(H,18,19). The first-order chi connectivity index (χ1) is 9.50. The van der Waals surface area contributed by atoms with Crippen LogP contribution in [0.2, 0.25) is 5.02 Å². The third-order valence-corrected chi connectivity index (χ3v) is 3.37. The summed E-state index contributed by atoms with van der Waals surface area (Å²) >= 11 is 5.80. The Balaban J connectivity index is 2.21. The van der Waals surface area contributed by atoms with Crippen molar-refractivity contribution in [2.45, 2.75) is 6.42 Å². The molecule has 1 aliphatic carbocycles. The molecule has 106 valence electrons. The van der Waals surface area contributed by atoms with E-state index in [4.69, 9.17) is 21.4 Å². The maximum atomic E-state index is 12.0. The third-order valence-electron chi connectivity index (χ3n) is 3.02. The van der Waals surface area contributed by atoms with Gasteiger partial charge in [-0.25, -0.2) is 4.79 Å². The number of allylic oxidation sites excluding steroid dienone is 3. The van der Waals surface area contributed by atoms with Crippen LogP contribution in [0.1, 0.15) is 16.9 Å². The normalized spacial score (nSPS) is 17.2. The Labute approximate surface area is 120 Å². The van der Waals surface area contributed by atoms with Crippen molar-refractivity contribution < 1.29 is 14.6 Å². The summed E-state index contributed by atoms with van der Waals surface area (Å²) in [6.07, 6.45) is 10.1. The molecule has 20 heavy (non-hydrogen) atoms. The minimum absolute atomic E-state index is 0.0606. The van der Waals surface area contributed by atoms with Gasteiger partial charge < -0.3 is 14.4 Å². The Morgan fingerprint density at radius 2 is 2.30 bits per heavy atom. The lowest BCUT2D eigenvalue weighted by Gasteiger charge is -2.15. The molecule has 0 radical (unpaired) electrons. The number of halogens is 1. The van der Waals surface area contributed by atoms with Gasteiger partial charge in [0.1, 0.15) is 10.7 Å². The highest BCUT2D eigenvalue weighted by molar-refractivity contribution is 6.33. The molecule has 0 aromatic carbocycles. The summed E-state index contributed by atoms with van der Waals surface area (Å²) in [5.41, 5.74) is -0.845. The molecule has 0 amide bonds. The highest BCUT2D eigenvalue weighted by atomic mass is 35.5. The Morgan fingerprint density at radius 3 is 2.90 bits per heavy atom. The first-order valence-electron chi connectivity index (χ1n) is 6.09. The summed E-state index contributed by atoms with van der Waals surface area (Å²) in [4.78, 5) is 23.0. The second kappa shape index (κ2) is 5.96. The van der Waals surface area contributed by atoms with Gasteiger partial charge in [0.15, 0.2) is 5.75 Å². The monoisotopic (exact) mass is 295 g/mol. The van der Waals surface area contributed by atoms with Crippen molar-refractivity contribution >= 4 is 17.6 Å². The topological polar surface area (TPSA) is 68.5 Å². The minimum Gasteiger partial charge on any atom is -0.487 e. The van der Waals surface area contributed by atoms with E-state index in [1.165, 1.54) is 17.8 Å². The van der Waals surface area contributed by atoms with Crippen LogP contribution in [-0.2, 0) is 7.05 Å². The highest BCUT2D eigenvalue weighted by Crippen LogP contribution is 2.18. The molecule has 5 nitrogen and oxygen atoms in total. The Morgan fingerprint density at radius 1 is 1.55 bits per heavy atom. The van der Waals surface area contributed by atoms with Gasteiger partial charge in [0, 0.05) is 13.0 Å². The molecule has 1 aromatic heterocycles. The molecule has 0 saturated heterocycles. The van der Waals surface area contributed by atoms with Crippen molar-refractivity contribution in [3.63, 3.8) is 0 Å². The summed E-state index contributed by atoms with van der Waals surface area (Å²) in [7, 11) is 1.50. The van der Waals surface area contributed by atoms with Crippen LogP contribution in [0.15, 0.2) is 35.3 Å². The molecule has 1 heterocycles. The van der Waals surface area contributed by atoms with Crippen LogP contribution < -0.4 is 10.2 Å². The van der Waals surface area contributed by atoms with E-state index in [-0.39, 0.29) is 22.4 Å². The van der Waals surface area contributed by atoms with E-state index in [9.17, 15) is 9.59 Å². The molecule has 0 bridgehead atoms. The molecular weight excluding hydrogens is 282 g/mol. The van der Waals surface area contributed by atoms with Crippen LogP contribution in [-0.4, -0.2) is 22.2 Å². The number of aryl methyl sites for hydroxylation is 1. The predicted octanol–water partition coefficient (Wildman–Crippen LogP) is 2.25. The number of rotatable bonds is 4. The van der Waals surface area contributed by atoms with Crippen molar-refractivity contribution in [1.29, 1.82) is 0 Å². The molecule has 2 rings (SSSR count). The second-order valence-electron chi connectivity index (χ2n) is 4.52. The Kier molecular flexibility index (Phi) is 4.29. The van der Waals surface area contributed by atoms with E-state index < -0.39 is 11.4 Å².